The van der Waals surface area contributed by atoms with Gasteiger partial charge in [0.2, 0.25) is 0 Å². The van der Waals surface area contributed by atoms with E-state index in [2.05, 4.69) is 39.2 Å². The van der Waals surface area contributed by atoms with Gasteiger partial charge in [0.25, 0.3) is 0 Å². The van der Waals surface area contributed by atoms with Crippen molar-refractivity contribution in [3.63, 3.8) is 0 Å². The molecule has 2 aliphatic heterocycles. The largest absolute Gasteiger partial charge is 0.377 e. The Morgan fingerprint density at radius 3 is 3.08 bits per heavy atom. The first-order chi connectivity index (χ1) is 11.6. The number of rotatable bonds is 3. The van der Waals surface area contributed by atoms with Gasteiger partial charge in [-0.2, -0.15) is 0 Å². The Balaban J connectivity index is 1.34. The van der Waals surface area contributed by atoms with Crippen LogP contribution in [0.2, 0.25) is 0 Å². The van der Waals surface area contributed by atoms with Crippen LogP contribution in [0.25, 0.3) is 0 Å². The van der Waals surface area contributed by atoms with E-state index in [1.807, 2.05) is 0 Å². The summed E-state index contributed by atoms with van der Waals surface area (Å²) >= 11 is 0. The van der Waals surface area contributed by atoms with Gasteiger partial charge in [0.1, 0.15) is 5.82 Å². The molecule has 24 heavy (non-hydrogen) atoms. The molecule has 7 heteroatoms. The number of urea groups is 1. The van der Waals surface area contributed by atoms with E-state index >= 15 is 0 Å². The highest BCUT2D eigenvalue weighted by Gasteiger charge is 2.59. The Bertz CT molecular complexity index is 626. The van der Waals surface area contributed by atoms with E-state index in [0.29, 0.717) is 12.5 Å². The molecule has 2 N–H and O–H groups in total. The number of ether oxygens (including phenoxy) is 1. The molecular formula is C17H27N5O2. The summed E-state index contributed by atoms with van der Waals surface area (Å²) in [6.07, 6.45) is 5.87. The highest BCUT2D eigenvalue weighted by atomic mass is 16.5. The van der Waals surface area contributed by atoms with Crippen molar-refractivity contribution in [2.45, 2.75) is 71.2 Å². The van der Waals surface area contributed by atoms with Crippen molar-refractivity contribution < 1.29 is 9.53 Å². The number of nitrogens with one attached hydrogen (secondary N) is 2. The lowest BCUT2D eigenvalue weighted by atomic mass is 9.57. The standard InChI is InChI=1S/C17H27N5O2/c1-17(2)14(11-7-9-24-15(11)17)19-16(23)18-10-13-21-20-12-6-4-3-5-8-22(12)13/h11,14-15H,3-10H2,1-2H3,(H2,18,19,23). The van der Waals surface area contributed by atoms with Crippen molar-refractivity contribution in [3.05, 3.63) is 11.6 Å². The van der Waals surface area contributed by atoms with Crippen LogP contribution in [-0.2, 0) is 24.2 Å². The molecule has 2 fully saturated rings. The minimum absolute atomic E-state index is 0.00442. The van der Waals surface area contributed by atoms with Crippen molar-refractivity contribution >= 4 is 6.03 Å². The monoisotopic (exact) mass is 333 g/mol. The van der Waals surface area contributed by atoms with E-state index in [0.717, 1.165) is 44.1 Å². The van der Waals surface area contributed by atoms with Gasteiger partial charge in [0.05, 0.1) is 12.6 Å². The van der Waals surface area contributed by atoms with Crippen LogP contribution in [0.3, 0.4) is 0 Å². The van der Waals surface area contributed by atoms with Gasteiger partial charge in [-0.05, 0) is 19.3 Å². The van der Waals surface area contributed by atoms with E-state index in [-0.39, 0.29) is 23.6 Å². The smallest absolute Gasteiger partial charge is 0.315 e. The first-order valence-corrected chi connectivity index (χ1v) is 9.14. The van der Waals surface area contributed by atoms with E-state index < -0.39 is 0 Å². The number of aromatic nitrogens is 3. The third-order valence-electron chi connectivity index (χ3n) is 5.98. The van der Waals surface area contributed by atoms with Crippen LogP contribution in [0.4, 0.5) is 4.79 Å². The first kappa shape index (κ1) is 15.9. The molecule has 1 saturated carbocycles. The van der Waals surface area contributed by atoms with E-state index in [1.54, 1.807) is 0 Å². The summed E-state index contributed by atoms with van der Waals surface area (Å²) < 4.78 is 7.95. The van der Waals surface area contributed by atoms with Crippen molar-refractivity contribution in [1.82, 2.24) is 25.4 Å². The molecule has 1 aliphatic carbocycles. The number of hydrogen-bond donors (Lipinski definition) is 2. The van der Waals surface area contributed by atoms with Crippen LogP contribution < -0.4 is 10.6 Å². The zero-order valence-corrected chi connectivity index (χ0v) is 14.5. The molecule has 0 radical (unpaired) electrons. The predicted octanol–water partition coefficient (Wildman–Crippen LogP) is 1.62. The van der Waals surface area contributed by atoms with Gasteiger partial charge in [-0.25, -0.2) is 4.79 Å². The zero-order valence-electron chi connectivity index (χ0n) is 14.5. The summed E-state index contributed by atoms with van der Waals surface area (Å²) in [7, 11) is 0. The minimum Gasteiger partial charge on any atom is -0.377 e. The number of carbonyl (C=O) groups is 1. The van der Waals surface area contributed by atoms with Gasteiger partial charge < -0.3 is 19.9 Å². The van der Waals surface area contributed by atoms with Crippen molar-refractivity contribution in [1.29, 1.82) is 0 Å². The second-order valence-electron chi connectivity index (χ2n) is 7.86. The molecular weight excluding hydrogens is 306 g/mol. The number of aryl methyl sites for hydroxylation is 1. The van der Waals surface area contributed by atoms with Crippen LogP contribution in [-0.4, -0.2) is 39.5 Å². The highest BCUT2D eigenvalue weighted by Crippen LogP contribution is 2.52. The van der Waals surface area contributed by atoms with Crippen molar-refractivity contribution in [2.24, 2.45) is 11.3 Å². The van der Waals surface area contributed by atoms with Crippen molar-refractivity contribution in [2.75, 3.05) is 6.61 Å². The Morgan fingerprint density at radius 2 is 2.21 bits per heavy atom. The molecule has 1 aromatic rings. The normalized spacial score (nSPS) is 30.7. The number of hydrogen-bond acceptors (Lipinski definition) is 4. The molecule has 0 bridgehead atoms. The molecule has 3 heterocycles. The second-order valence-corrected chi connectivity index (χ2v) is 7.86. The summed E-state index contributed by atoms with van der Waals surface area (Å²) in [6, 6.07) is 0.0601. The second kappa shape index (κ2) is 6.02. The highest BCUT2D eigenvalue weighted by molar-refractivity contribution is 5.74. The number of nitrogens with zero attached hydrogens (tertiary/aromatic N) is 3. The quantitative estimate of drug-likeness (QED) is 0.881. The van der Waals surface area contributed by atoms with E-state index in [4.69, 9.17) is 4.74 Å². The Kier molecular flexibility index (Phi) is 3.98. The fourth-order valence-corrected chi connectivity index (χ4v) is 4.64. The lowest BCUT2D eigenvalue weighted by molar-refractivity contribution is -0.108. The number of fused-ring (bicyclic) bond motifs is 2. The third-order valence-corrected chi connectivity index (χ3v) is 5.98. The van der Waals surface area contributed by atoms with Gasteiger partial charge in [-0.15, -0.1) is 10.2 Å². The molecule has 7 nitrogen and oxygen atoms in total. The summed E-state index contributed by atoms with van der Waals surface area (Å²) in [5.74, 6) is 2.36. The average Bonchev–Trinajstić information content (AvgIpc) is 3.10. The van der Waals surface area contributed by atoms with Crippen LogP contribution in [0.5, 0.6) is 0 Å². The number of amides is 2. The summed E-state index contributed by atoms with van der Waals surface area (Å²) in [6.45, 7) is 6.53. The molecule has 3 atom stereocenters. The molecule has 3 unspecified atom stereocenters. The molecule has 1 saturated heterocycles. The molecule has 0 spiro atoms. The molecule has 0 aromatic carbocycles. The molecule has 1 aromatic heterocycles. The van der Waals surface area contributed by atoms with Gasteiger partial charge in [0.15, 0.2) is 5.82 Å². The maximum absolute atomic E-state index is 12.3. The fourth-order valence-electron chi connectivity index (χ4n) is 4.64. The lowest BCUT2D eigenvalue weighted by Gasteiger charge is -2.54. The van der Waals surface area contributed by atoms with Gasteiger partial charge in [-0.1, -0.05) is 20.3 Å². The van der Waals surface area contributed by atoms with E-state index in [9.17, 15) is 4.79 Å². The fraction of sp³-hybridized carbons (Fsp3) is 0.824. The molecule has 4 rings (SSSR count). The summed E-state index contributed by atoms with van der Waals surface area (Å²) in [4.78, 5) is 12.3. The Hall–Kier alpha value is -1.63. The Labute approximate surface area is 142 Å². The van der Waals surface area contributed by atoms with Crippen LogP contribution >= 0.6 is 0 Å². The van der Waals surface area contributed by atoms with Gasteiger partial charge in [0, 0.05) is 36.9 Å². The third kappa shape index (κ3) is 2.59. The van der Waals surface area contributed by atoms with Crippen LogP contribution in [0, 0.1) is 11.3 Å². The molecule has 132 valence electrons. The van der Waals surface area contributed by atoms with Gasteiger partial charge >= 0.3 is 6.03 Å². The topological polar surface area (TPSA) is 81.1 Å². The summed E-state index contributed by atoms with van der Waals surface area (Å²) in [5.41, 5.74) is 0.00442. The van der Waals surface area contributed by atoms with E-state index in [1.165, 1.54) is 12.8 Å². The molecule has 2 amide bonds. The van der Waals surface area contributed by atoms with Crippen LogP contribution in [0.1, 0.15) is 51.2 Å². The van der Waals surface area contributed by atoms with Crippen molar-refractivity contribution in [3.8, 4) is 0 Å². The minimum atomic E-state index is -0.121. The van der Waals surface area contributed by atoms with Gasteiger partial charge in [-0.3, -0.25) is 0 Å². The predicted molar refractivity (Wildman–Crippen MR) is 88.4 cm³/mol. The first-order valence-electron chi connectivity index (χ1n) is 9.14. The average molecular weight is 333 g/mol. The number of carbonyl (C=O) groups excluding carboxylic acids is 1. The maximum atomic E-state index is 12.3. The maximum Gasteiger partial charge on any atom is 0.315 e. The molecule has 3 aliphatic rings. The van der Waals surface area contributed by atoms with Crippen LogP contribution in [0.15, 0.2) is 0 Å². The zero-order chi connectivity index (χ0) is 16.7. The Morgan fingerprint density at radius 1 is 1.33 bits per heavy atom. The summed E-state index contributed by atoms with van der Waals surface area (Å²) in [5, 5.41) is 14.6. The SMILES string of the molecule is CC1(C)C(NC(=O)NCc2nnc3n2CCCCC3)C2CCOC21. The lowest BCUT2D eigenvalue weighted by Crippen LogP contribution is -2.67.